The third-order valence-corrected chi connectivity index (χ3v) is 3.53. The first-order chi connectivity index (χ1) is 10.6. The quantitative estimate of drug-likeness (QED) is 0.807. The van der Waals surface area contributed by atoms with Crippen LogP contribution in [0.25, 0.3) is 11.1 Å². The fraction of sp³-hybridized carbons (Fsp3) is 0.211. The fourth-order valence-electron chi connectivity index (χ4n) is 2.29. The standard InChI is InChI=1S/C19H20O3/c1-14(12-19(20)21)6-7-15-8-10-16(11-9-15)17-4-3-5-18(13-17)22-2/h3-5,8-13H,6-7H2,1-2H3,(H,20,21)/b14-12+. The molecule has 1 N–H and O–H groups in total. The summed E-state index contributed by atoms with van der Waals surface area (Å²) in [4.78, 5) is 10.6. The SMILES string of the molecule is COc1cccc(-c2ccc(CC/C(C)=C/C(=O)O)cc2)c1. The van der Waals surface area contributed by atoms with Crippen LogP contribution in [0.15, 0.2) is 60.2 Å². The van der Waals surface area contributed by atoms with E-state index in [1.165, 1.54) is 11.6 Å². The van der Waals surface area contributed by atoms with Crippen molar-refractivity contribution in [2.45, 2.75) is 19.8 Å². The summed E-state index contributed by atoms with van der Waals surface area (Å²) in [5, 5.41) is 8.70. The van der Waals surface area contributed by atoms with Crippen molar-refractivity contribution >= 4 is 5.97 Å². The molecule has 0 bridgehead atoms. The number of benzene rings is 2. The highest BCUT2D eigenvalue weighted by molar-refractivity contribution is 5.80. The maximum Gasteiger partial charge on any atom is 0.328 e. The number of carboxylic acids is 1. The summed E-state index contributed by atoms with van der Waals surface area (Å²) < 4.78 is 5.24. The lowest BCUT2D eigenvalue weighted by Gasteiger charge is -2.07. The fourth-order valence-corrected chi connectivity index (χ4v) is 2.29. The van der Waals surface area contributed by atoms with E-state index in [1.54, 1.807) is 7.11 Å². The van der Waals surface area contributed by atoms with Crippen LogP contribution in [0.3, 0.4) is 0 Å². The van der Waals surface area contributed by atoms with Gasteiger partial charge < -0.3 is 9.84 Å². The average Bonchev–Trinajstić information content (AvgIpc) is 2.53. The van der Waals surface area contributed by atoms with E-state index in [9.17, 15) is 4.79 Å². The van der Waals surface area contributed by atoms with Gasteiger partial charge in [-0.1, -0.05) is 42.0 Å². The van der Waals surface area contributed by atoms with Crippen LogP contribution in [0.2, 0.25) is 0 Å². The number of hydrogen-bond acceptors (Lipinski definition) is 2. The second-order valence-corrected chi connectivity index (χ2v) is 5.26. The predicted octanol–water partition coefficient (Wildman–Crippen LogP) is 4.33. The van der Waals surface area contributed by atoms with Crippen molar-refractivity contribution in [1.82, 2.24) is 0 Å². The van der Waals surface area contributed by atoms with Crippen molar-refractivity contribution in [1.29, 1.82) is 0 Å². The molecule has 0 spiro atoms. The first-order valence-corrected chi connectivity index (χ1v) is 7.22. The largest absolute Gasteiger partial charge is 0.497 e. The first-order valence-electron chi connectivity index (χ1n) is 7.22. The number of aliphatic carboxylic acids is 1. The summed E-state index contributed by atoms with van der Waals surface area (Å²) >= 11 is 0. The van der Waals surface area contributed by atoms with Crippen LogP contribution >= 0.6 is 0 Å². The maximum absolute atomic E-state index is 10.6. The van der Waals surface area contributed by atoms with E-state index in [1.807, 2.05) is 25.1 Å². The van der Waals surface area contributed by atoms with E-state index in [4.69, 9.17) is 9.84 Å². The average molecular weight is 296 g/mol. The highest BCUT2D eigenvalue weighted by atomic mass is 16.5. The van der Waals surface area contributed by atoms with E-state index in [-0.39, 0.29) is 0 Å². The van der Waals surface area contributed by atoms with Gasteiger partial charge in [-0.15, -0.1) is 0 Å². The van der Waals surface area contributed by atoms with Crippen LogP contribution in [0.1, 0.15) is 18.9 Å². The topological polar surface area (TPSA) is 46.5 Å². The molecule has 0 unspecified atom stereocenters. The molecule has 2 aromatic rings. The number of methoxy groups -OCH3 is 1. The molecule has 2 aromatic carbocycles. The summed E-state index contributed by atoms with van der Waals surface area (Å²) in [5.74, 6) is -0.0399. The Morgan fingerprint density at radius 2 is 1.86 bits per heavy atom. The van der Waals surface area contributed by atoms with Gasteiger partial charge in [0.15, 0.2) is 0 Å². The molecular weight excluding hydrogens is 276 g/mol. The first kappa shape index (κ1) is 15.8. The molecular formula is C19H20O3. The molecule has 0 aliphatic heterocycles. The molecule has 0 saturated carbocycles. The lowest BCUT2D eigenvalue weighted by atomic mass is 10.0. The number of rotatable bonds is 6. The van der Waals surface area contributed by atoms with Crippen LogP contribution in [-0.4, -0.2) is 18.2 Å². The Balaban J connectivity index is 2.05. The Kier molecular flexibility index (Phi) is 5.37. The minimum Gasteiger partial charge on any atom is -0.497 e. The molecule has 0 aliphatic rings. The minimum absolute atomic E-state index is 0.755. The van der Waals surface area contributed by atoms with Crippen LogP contribution < -0.4 is 4.74 Å². The Hall–Kier alpha value is -2.55. The zero-order chi connectivity index (χ0) is 15.9. The monoisotopic (exact) mass is 296 g/mol. The molecule has 0 aromatic heterocycles. The van der Waals surface area contributed by atoms with Crippen molar-refractivity contribution in [2.24, 2.45) is 0 Å². The van der Waals surface area contributed by atoms with Gasteiger partial charge in [0.1, 0.15) is 5.75 Å². The summed E-state index contributed by atoms with van der Waals surface area (Å²) in [6.07, 6.45) is 2.86. The number of hydrogen-bond donors (Lipinski definition) is 1. The highest BCUT2D eigenvalue weighted by Crippen LogP contribution is 2.24. The van der Waals surface area contributed by atoms with Gasteiger partial charge in [-0.25, -0.2) is 4.79 Å². The number of ether oxygens (including phenoxy) is 1. The van der Waals surface area contributed by atoms with Gasteiger partial charge in [0.05, 0.1) is 7.11 Å². The van der Waals surface area contributed by atoms with Crippen molar-refractivity contribution in [2.75, 3.05) is 7.11 Å². The van der Waals surface area contributed by atoms with E-state index in [0.29, 0.717) is 0 Å². The van der Waals surface area contributed by atoms with Gasteiger partial charge in [0, 0.05) is 6.08 Å². The summed E-state index contributed by atoms with van der Waals surface area (Å²) in [6.45, 7) is 1.85. The van der Waals surface area contributed by atoms with Crippen LogP contribution in [0.4, 0.5) is 0 Å². The van der Waals surface area contributed by atoms with Gasteiger partial charge >= 0.3 is 5.97 Å². The van der Waals surface area contributed by atoms with E-state index in [0.717, 1.165) is 35.3 Å². The van der Waals surface area contributed by atoms with Crippen molar-refractivity contribution < 1.29 is 14.6 Å². The van der Waals surface area contributed by atoms with Crippen LogP contribution in [0, 0.1) is 0 Å². The van der Waals surface area contributed by atoms with Crippen LogP contribution in [0.5, 0.6) is 5.75 Å². The zero-order valence-electron chi connectivity index (χ0n) is 12.9. The van der Waals surface area contributed by atoms with Crippen molar-refractivity contribution in [3.05, 3.63) is 65.7 Å². The summed E-state index contributed by atoms with van der Waals surface area (Å²) in [6, 6.07) is 16.3. The molecule has 0 amide bonds. The van der Waals surface area contributed by atoms with Crippen molar-refractivity contribution in [3.8, 4) is 16.9 Å². The van der Waals surface area contributed by atoms with Gasteiger partial charge in [0.25, 0.3) is 0 Å². The second kappa shape index (κ2) is 7.46. The van der Waals surface area contributed by atoms with Crippen LogP contribution in [-0.2, 0) is 11.2 Å². The molecule has 0 saturated heterocycles. The Morgan fingerprint density at radius 3 is 2.50 bits per heavy atom. The minimum atomic E-state index is -0.883. The second-order valence-electron chi connectivity index (χ2n) is 5.26. The predicted molar refractivity (Wildman–Crippen MR) is 88.1 cm³/mol. The Labute approximate surface area is 130 Å². The normalized spacial score (nSPS) is 11.3. The molecule has 0 atom stereocenters. The van der Waals surface area contributed by atoms with Gasteiger partial charge in [-0.05, 0) is 48.6 Å². The van der Waals surface area contributed by atoms with E-state index >= 15 is 0 Å². The number of allylic oxidation sites excluding steroid dienone is 1. The molecule has 2 rings (SSSR count). The third kappa shape index (κ3) is 4.48. The van der Waals surface area contributed by atoms with E-state index < -0.39 is 5.97 Å². The molecule has 0 aliphatic carbocycles. The van der Waals surface area contributed by atoms with Crippen molar-refractivity contribution in [3.63, 3.8) is 0 Å². The Bertz CT molecular complexity index is 669. The molecule has 22 heavy (non-hydrogen) atoms. The lowest BCUT2D eigenvalue weighted by molar-refractivity contribution is -0.131. The third-order valence-electron chi connectivity index (χ3n) is 3.53. The smallest absolute Gasteiger partial charge is 0.328 e. The molecule has 0 fully saturated rings. The highest BCUT2D eigenvalue weighted by Gasteiger charge is 2.01. The summed E-state index contributed by atoms with van der Waals surface area (Å²) in [7, 11) is 1.66. The molecule has 3 heteroatoms. The zero-order valence-corrected chi connectivity index (χ0v) is 12.9. The number of aryl methyl sites for hydroxylation is 1. The van der Waals surface area contributed by atoms with Gasteiger partial charge in [-0.3, -0.25) is 0 Å². The molecule has 114 valence electrons. The summed E-state index contributed by atoms with van der Waals surface area (Å²) in [5.41, 5.74) is 4.34. The number of carbonyl (C=O) groups is 1. The van der Waals surface area contributed by atoms with Gasteiger partial charge in [-0.2, -0.15) is 0 Å². The Morgan fingerprint density at radius 1 is 1.14 bits per heavy atom. The molecule has 0 heterocycles. The number of carboxylic acid groups (broad SMARTS) is 1. The molecule has 3 nitrogen and oxygen atoms in total. The van der Waals surface area contributed by atoms with Gasteiger partial charge in [0.2, 0.25) is 0 Å². The van der Waals surface area contributed by atoms with E-state index in [2.05, 4.69) is 30.3 Å². The maximum atomic E-state index is 10.6. The molecule has 0 radical (unpaired) electrons. The lowest BCUT2D eigenvalue weighted by Crippen LogP contribution is -1.92.